The molecule has 3 heteroatoms. The molecule has 62 valence electrons. The van der Waals surface area contributed by atoms with E-state index in [1.165, 1.54) is 0 Å². The minimum Gasteiger partial charge on any atom is -0.480 e. The molecule has 0 aromatic rings. The van der Waals surface area contributed by atoms with Crippen LogP contribution in [-0.2, 0) is 4.79 Å². The molecule has 0 spiro atoms. The minimum absolute atomic E-state index is 0.511. The number of unbranched alkanes of at least 4 members (excludes halogenated alkanes) is 2. The maximum atomic E-state index is 10.2. The molecular weight excluding hydrogens is 142 g/mol. The lowest BCUT2D eigenvalue weighted by Crippen LogP contribution is -2.29. The fourth-order valence-corrected chi connectivity index (χ4v) is 0.715. The molecule has 0 aliphatic rings. The van der Waals surface area contributed by atoms with E-state index in [0.717, 1.165) is 12.8 Å². The summed E-state index contributed by atoms with van der Waals surface area (Å²) < 4.78 is 0. The summed E-state index contributed by atoms with van der Waals surface area (Å²) in [6.07, 6.45) is 7.87. The second-order valence-electron chi connectivity index (χ2n) is 2.39. The molecule has 1 unspecified atom stereocenters. The predicted octanol–water partition coefficient (Wildman–Crippen LogP) is 0.592. The summed E-state index contributed by atoms with van der Waals surface area (Å²) in [5.41, 5.74) is 5.25. The second-order valence-corrected chi connectivity index (χ2v) is 2.39. The molecule has 0 rings (SSSR count). The van der Waals surface area contributed by atoms with Gasteiger partial charge >= 0.3 is 5.97 Å². The largest absolute Gasteiger partial charge is 0.480 e. The highest BCUT2D eigenvalue weighted by Crippen LogP contribution is 2.01. The smallest absolute Gasteiger partial charge is 0.320 e. The Balaban J connectivity index is 3.26. The van der Waals surface area contributed by atoms with Crippen LogP contribution in [0.1, 0.15) is 25.7 Å². The molecule has 0 heterocycles. The summed E-state index contributed by atoms with van der Waals surface area (Å²) in [6.45, 7) is 0. The Morgan fingerprint density at radius 3 is 2.73 bits per heavy atom. The fourth-order valence-electron chi connectivity index (χ4n) is 0.715. The van der Waals surface area contributed by atoms with Crippen LogP contribution in [0.4, 0.5) is 0 Å². The highest BCUT2D eigenvalue weighted by molar-refractivity contribution is 5.72. The van der Waals surface area contributed by atoms with Crippen LogP contribution < -0.4 is 5.73 Å². The molecule has 0 bridgehead atoms. The van der Waals surface area contributed by atoms with E-state index < -0.39 is 12.0 Å². The van der Waals surface area contributed by atoms with Crippen LogP contribution in [0.3, 0.4) is 0 Å². The van der Waals surface area contributed by atoms with E-state index in [9.17, 15) is 4.79 Å². The highest BCUT2D eigenvalue weighted by atomic mass is 16.4. The average Bonchev–Trinajstić information content (AvgIpc) is 1.97. The SMILES string of the molecule is C#CCCCCC(N)C(=O)O. The topological polar surface area (TPSA) is 63.3 Å². The molecule has 0 saturated heterocycles. The van der Waals surface area contributed by atoms with Crippen molar-refractivity contribution in [3.63, 3.8) is 0 Å². The van der Waals surface area contributed by atoms with Crippen LogP contribution in [0, 0.1) is 12.3 Å². The van der Waals surface area contributed by atoms with Gasteiger partial charge in [-0.15, -0.1) is 12.3 Å². The first-order chi connectivity index (χ1) is 5.18. The predicted molar refractivity (Wildman–Crippen MR) is 42.9 cm³/mol. The second kappa shape index (κ2) is 5.75. The van der Waals surface area contributed by atoms with Crippen LogP contribution in [0.2, 0.25) is 0 Å². The number of carboxylic acids is 1. The Bertz CT molecular complexity index is 160. The number of hydrogen-bond donors (Lipinski definition) is 2. The van der Waals surface area contributed by atoms with Crippen molar-refractivity contribution in [1.82, 2.24) is 0 Å². The first-order valence-corrected chi connectivity index (χ1v) is 3.60. The molecule has 3 nitrogen and oxygen atoms in total. The number of rotatable bonds is 5. The maximum Gasteiger partial charge on any atom is 0.320 e. The zero-order valence-electron chi connectivity index (χ0n) is 6.42. The van der Waals surface area contributed by atoms with E-state index in [4.69, 9.17) is 17.3 Å². The third kappa shape index (κ3) is 5.43. The summed E-state index contributed by atoms with van der Waals surface area (Å²) >= 11 is 0. The molecule has 0 radical (unpaired) electrons. The quantitative estimate of drug-likeness (QED) is 0.451. The van der Waals surface area contributed by atoms with Crippen molar-refractivity contribution in [2.75, 3.05) is 0 Å². The molecule has 0 aromatic carbocycles. The van der Waals surface area contributed by atoms with Gasteiger partial charge in [-0.05, 0) is 12.8 Å². The van der Waals surface area contributed by atoms with Crippen LogP contribution in [-0.4, -0.2) is 17.1 Å². The molecule has 1 atom stereocenters. The lowest BCUT2D eigenvalue weighted by atomic mass is 10.1. The van der Waals surface area contributed by atoms with Crippen LogP contribution in [0.25, 0.3) is 0 Å². The third-order valence-electron chi connectivity index (χ3n) is 1.40. The molecule has 0 amide bonds. The van der Waals surface area contributed by atoms with Gasteiger partial charge in [0.25, 0.3) is 0 Å². The number of hydrogen-bond acceptors (Lipinski definition) is 2. The van der Waals surface area contributed by atoms with Gasteiger partial charge in [-0.3, -0.25) is 4.79 Å². The number of nitrogens with two attached hydrogens (primary N) is 1. The summed E-state index contributed by atoms with van der Waals surface area (Å²) in [4.78, 5) is 10.2. The molecule has 11 heavy (non-hydrogen) atoms. The van der Waals surface area contributed by atoms with Crippen molar-refractivity contribution < 1.29 is 9.90 Å². The Morgan fingerprint density at radius 1 is 1.64 bits per heavy atom. The van der Waals surface area contributed by atoms with Crippen molar-refractivity contribution in [2.45, 2.75) is 31.7 Å². The van der Waals surface area contributed by atoms with Gasteiger partial charge in [0.15, 0.2) is 0 Å². The first kappa shape index (κ1) is 9.99. The van der Waals surface area contributed by atoms with Crippen molar-refractivity contribution >= 4 is 5.97 Å². The van der Waals surface area contributed by atoms with Crippen LogP contribution >= 0.6 is 0 Å². The number of aliphatic carboxylic acids is 1. The van der Waals surface area contributed by atoms with E-state index in [1.807, 2.05) is 0 Å². The number of carbonyl (C=O) groups is 1. The standard InChI is InChI=1S/C8H13NO2/c1-2-3-4-5-6-7(9)8(10)11/h1,7H,3-6,9H2,(H,10,11). The van der Waals surface area contributed by atoms with Gasteiger partial charge in [-0.25, -0.2) is 0 Å². The molecule has 0 fully saturated rings. The first-order valence-electron chi connectivity index (χ1n) is 3.60. The third-order valence-corrected chi connectivity index (χ3v) is 1.40. The van der Waals surface area contributed by atoms with E-state index in [-0.39, 0.29) is 0 Å². The van der Waals surface area contributed by atoms with E-state index in [1.54, 1.807) is 0 Å². The average molecular weight is 155 g/mol. The van der Waals surface area contributed by atoms with E-state index in [0.29, 0.717) is 12.8 Å². The monoisotopic (exact) mass is 155 g/mol. The summed E-state index contributed by atoms with van der Waals surface area (Å²) in [7, 11) is 0. The maximum absolute atomic E-state index is 10.2. The van der Waals surface area contributed by atoms with E-state index in [2.05, 4.69) is 5.92 Å². The van der Waals surface area contributed by atoms with Crippen LogP contribution in [0.15, 0.2) is 0 Å². The lowest BCUT2D eigenvalue weighted by molar-refractivity contribution is -0.138. The summed E-state index contributed by atoms with van der Waals surface area (Å²) in [6, 6.07) is -0.729. The Labute approximate surface area is 66.6 Å². The normalized spacial score (nSPS) is 12.0. The van der Waals surface area contributed by atoms with Gasteiger partial charge in [0.05, 0.1) is 0 Å². The van der Waals surface area contributed by atoms with Gasteiger partial charge in [-0.2, -0.15) is 0 Å². The highest BCUT2D eigenvalue weighted by Gasteiger charge is 2.09. The van der Waals surface area contributed by atoms with Gasteiger partial charge in [-0.1, -0.05) is 6.42 Å². The van der Waals surface area contributed by atoms with Crippen LogP contribution in [0.5, 0.6) is 0 Å². The zero-order chi connectivity index (χ0) is 8.69. The van der Waals surface area contributed by atoms with E-state index >= 15 is 0 Å². The van der Waals surface area contributed by atoms with Crippen molar-refractivity contribution in [3.8, 4) is 12.3 Å². The lowest BCUT2D eigenvalue weighted by Gasteiger charge is -2.03. The Hall–Kier alpha value is -1.01. The summed E-state index contributed by atoms with van der Waals surface area (Å²) in [5, 5.41) is 8.37. The van der Waals surface area contributed by atoms with Crippen molar-refractivity contribution in [1.29, 1.82) is 0 Å². The molecule has 0 aromatic heterocycles. The Kier molecular flexibility index (Phi) is 5.22. The molecule has 0 aliphatic carbocycles. The zero-order valence-corrected chi connectivity index (χ0v) is 6.42. The van der Waals surface area contributed by atoms with Gasteiger partial charge in [0.1, 0.15) is 6.04 Å². The van der Waals surface area contributed by atoms with Crippen molar-refractivity contribution in [2.24, 2.45) is 5.73 Å². The number of carboxylic acid groups (broad SMARTS) is 1. The van der Waals surface area contributed by atoms with Crippen molar-refractivity contribution in [3.05, 3.63) is 0 Å². The fraction of sp³-hybridized carbons (Fsp3) is 0.625. The van der Waals surface area contributed by atoms with Gasteiger partial charge < -0.3 is 10.8 Å². The number of terminal acetylenes is 1. The van der Waals surface area contributed by atoms with Gasteiger partial charge in [0, 0.05) is 6.42 Å². The summed E-state index contributed by atoms with van der Waals surface area (Å²) in [5.74, 6) is 1.54. The molecule has 3 N–H and O–H groups in total. The molecule has 0 saturated carbocycles. The Morgan fingerprint density at radius 2 is 2.27 bits per heavy atom. The molecular formula is C8H13NO2. The molecule has 0 aliphatic heterocycles. The van der Waals surface area contributed by atoms with Gasteiger partial charge in [0.2, 0.25) is 0 Å². The minimum atomic E-state index is -0.939.